The van der Waals surface area contributed by atoms with Gasteiger partial charge in [-0.25, -0.2) is 0 Å². The van der Waals surface area contributed by atoms with E-state index in [-0.39, 0.29) is 6.61 Å². The lowest BCUT2D eigenvalue weighted by Crippen LogP contribution is -2.11. The first kappa shape index (κ1) is 20.5. The van der Waals surface area contributed by atoms with E-state index in [9.17, 15) is 9.90 Å². The highest BCUT2D eigenvalue weighted by molar-refractivity contribution is 7.80. The van der Waals surface area contributed by atoms with Crippen LogP contribution in [0.25, 0.3) is 0 Å². The summed E-state index contributed by atoms with van der Waals surface area (Å²) in [4.78, 5) is 11.7. The molecule has 134 valence electrons. The van der Waals surface area contributed by atoms with E-state index in [1.165, 1.54) is 0 Å². The first-order valence-electron chi connectivity index (χ1n) is 7.72. The van der Waals surface area contributed by atoms with Gasteiger partial charge in [-0.15, -0.1) is 0 Å². The molecular weight excluding hydrogens is 328 g/mol. The number of methoxy groups -OCH3 is 2. The number of rotatable bonds is 10. The number of hydrogen-bond donors (Lipinski definition) is 2. The Labute approximate surface area is 149 Å². The van der Waals surface area contributed by atoms with Crippen LogP contribution in [0.1, 0.15) is 34.0 Å². The van der Waals surface area contributed by atoms with Crippen LogP contribution >= 0.6 is 12.6 Å². The van der Waals surface area contributed by atoms with Crippen molar-refractivity contribution in [2.75, 3.05) is 33.2 Å². The Kier molecular flexibility index (Phi) is 8.89. The van der Waals surface area contributed by atoms with Crippen LogP contribution in [0.2, 0.25) is 0 Å². The molecule has 0 saturated carbocycles. The molecule has 5 nitrogen and oxygen atoms in total. The van der Waals surface area contributed by atoms with Crippen molar-refractivity contribution >= 4 is 18.9 Å². The zero-order valence-electron chi connectivity index (χ0n) is 14.7. The van der Waals surface area contributed by atoms with Gasteiger partial charge >= 0.3 is 0 Å². The van der Waals surface area contributed by atoms with E-state index >= 15 is 0 Å². The SMILES string of the molecule is COCc1c(C)c(OC)c(C/C=C(\C)CO)c(OCCS)c1C=O. The molecule has 0 fully saturated rings. The van der Waals surface area contributed by atoms with Crippen molar-refractivity contribution in [3.8, 4) is 11.5 Å². The largest absolute Gasteiger partial charge is 0.496 e. The number of carbonyl (C=O) groups excluding carboxylic acids is 1. The Hall–Kier alpha value is -1.50. The zero-order valence-corrected chi connectivity index (χ0v) is 15.6. The maximum Gasteiger partial charge on any atom is 0.154 e. The maximum atomic E-state index is 11.7. The van der Waals surface area contributed by atoms with Crippen molar-refractivity contribution in [3.05, 3.63) is 33.9 Å². The van der Waals surface area contributed by atoms with Crippen LogP contribution in [0, 0.1) is 6.92 Å². The average Bonchev–Trinajstić information content (AvgIpc) is 2.59. The number of allylic oxidation sites excluding steroid dienone is 1. The van der Waals surface area contributed by atoms with Gasteiger partial charge in [0.25, 0.3) is 0 Å². The van der Waals surface area contributed by atoms with Crippen LogP contribution in [-0.2, 0) is 17.8 Å². The molecule has 1 aromatic rings. The summed E-state index contributed by atoms with van der Waals surface area (Å²) in [6, 6.07) is 0. The summed E-state index contributed by atoms with van der Waals surface area (Å²) in [5.74, 6) is 1.69. The fraction of sp³-hybridized carbons (Fsp3) is 0.500. The topological polar surface area (TPSA) is 65.0 Å². The number of aliphatic hydroxyl groups excluding tert-OH is 1. The van der Waals surface area contributed by atoms with Gasteiger partial charge in [0.1, 0.15) is 11.5 Å². The molecule has 0 aliphatic carbocycles. The van der Waals surface area contributed by atoms with E-state index in [4.69, 9.17) is 14.2 Å². The number of aliphatic hydroxyl groups is 1. The van der Waals surface area contributed by atoms with Crippen molar-refractivity contribution in [2.24, 2.45) is 0 Å². The van der Waals surface area contributed by atoms with Crippen LogP contribution < -0.4 is 9.47 Å². The fourth-order valence-electron chi connectivity index (χ4n) is 2.54. The van der Waals surface area contributed by atoms with Gasteiger partial charge in [0, 0.05) is 18.4 Å². The molecule has 0 unspecified atom stereocenters. The monoisotopic (exact) mass is 354 g/mol. The predicted octanol–water partition coefficient (Wildman–Crippen LogP) is 2.75. The zero-order chi connectivity index (χ0) is 18.1. The average molecular weight is 354 g/mol. The molecule has 24 heavy (non-hydrogen) atoms. The first-order valence-corrected chi connectivity index (χ1v) is 8.35. The van der Waals surface area contributed by atoms with Gasteiger partial charge in [-0.3, -0.25) is 4.79 Å². The van der Waals surface area contributed by atoms with Crippen LogP contribution in [0.3, 0.4) is 0 Å². The maximum absolute atomic E-state index is 11.7. The third-order valence-electron chi connectivity index (χ3n) is 3.76. The van der Waals surface area contributed by atoms with Gasteiger partial charge in [-0.1, -0.05) is 11.6 Å². The molecule has 0 bridgehead atoms. The summed E-state index contributed by atoms with van der Waals surface area (Å²) in [6.07, 6.45) is 3.18. The van der Waals surface area contributed by atoms with E-state index in [1.807, 2.05) is 19.9 Å². The summed E-state index contributed by atoms with van der Waals surface area (Å²) >= 11 is 4.17. The molecule has 0 aliphatic heterocycles. The van der Waals surface area contributed by atoms with Gasteiger partial charge in [0.05, 0.1) is 32.5 Å². The quantitative estimate of drug-likeness (QED) is 0.384. The summed E-state index contributed by atoms with van der Waals surface area (Å²) < 4.78 is 16.6. The highest BCUT2D eigenvalue weighted by Crippen LogP contribution is 2.39. The number of ether oxygens (including phenoxy) is 3. The number of hydrogen-bond acceptors (Lipinski definition) is 6. The van der Waals surface area contributed by atoms with Gasteiger partial charge in [0.2, 0.25) is 0 Å². The molecule has 1 N–H and O–H groups in total. The summed E-state index contributed by atoms with van der Waals surface area (Å²) in [5.41, 5.74) is 3.70. The summed E-state index contributed by atoms with van der Waals surface area (Å²) in [6.45, 7) is 4.39. The molecule has 0 spiro atoms. The number of aldehydes is 1. The second kappa shape index (κ2) is 10.4. The van der Waals surface area contributed by atoms with Gasteiger partial charge in [-0.05, 0) is 31.4 Å². The Morgan fingerprint density at radius 2 is 1.96 bits per heavy atom. The molecule has 1 aromatic carbocycles. The minimum atomic E-state index is -0.0174. The Morgan fingerprint density at radius 1 is 1.25 bits per heavy atom. The smallest absolute Gasteiger partial charge is 0.154 e. The molecule has 0 amide bonds. The minimum Gasteiger partial charge on any atom is -0.496 e. The Bertz CT molecular complexity index is 596. The second-order valence-electron chi connectivity index (χ2n) is 5.39. The highest BCUT2D eigenvalue weighted by atomic mass is 32.1. The third kappa shape index (κ3) is 4.75. The van der Waals surface area contributed by atoms with Gasteiger partial charge in [0.15, 0.2) is 6.29 Å². The molecule has 1 rings (SSSR count). The second-order valence-corrected chi connectivity index (χ2v) is 5.84. The van der Waals surface area contributed by atoms with Crippen LogP contribution in [-0.4, -0.2) is 44.6 Å². The van der Waals surface area contributed by atoms with Crippen molar-refractivity contribution in [2.45, 2.75) is 26.9 Å². The standard InChI is InChI=1S/C18H26O5S/c1-12(9-19)5-6-14-17(22-4)13(2)16(11-21-3)15(10-20)18(14)23-7-8-24/h5,10,19,24H,6-9,11H2,1-4H3/b12-5+. The van der Waals surface area contributed by atoms with E-state index in [0.717, 1.165) is 28.5 Å². The van der Waals surface area contributed by atoms with Crippen molar-refractivity contribution in [1.82, 2.24) is 0 Å². The lowest BCUT2D eigenvalue weighted by Gasteiger charge is -2.22. The van der Waals surface area contributed by atoms with Gasteiger partial charge in [-0.2, -0.15) is 12.6 Å². The fourth-order valence-corrected chi connectivity index (χ4v) is 2.63. The van der Waals surface area contributed by atoms with Crippen LogP contribution in [0.15, 0.2) is 11.6 Å². The van der Waals surface area contributed by atoms with Crippen molar-refractivity contribution in [3.63, 3.8) is 0 Å². The molecule has 0 saturated heterocycles. The first-order chi connectivity index (χ1) is 11.5. The lowest BCUT2D eigenvalue weighted by atomic mass is 9.94. The van der Waals surface area contributed by atoms with Crippen LogP contribution in [0.5, 0.6) is 11.5 Å². The van der Waals surface area contributed by atoms with E-state index in [1.54, 1.807) is 14.2 Å². The molecule has 0 aromatic heterocycles. The van der Waals surface area contributed by atoms with Crippen molar-refractivity contribution < 1.29 is 24.1 Å². The number of carbonyl (C=O) groups is 1. The van der Waals surface area contributed by atoms with Crippen LogP contribution in [0.4, 0.5) is 0 Å². The third-order valence-corrected chi connectivity index (χ3v) is 3.95. The molecule has 6 heteroatoms. The van der Waals surface area contributed by atoms with E-state index in [0.29, 0.717) is 42.4 Å². The molecule has 0 atom stereocenters. The number of benzene rings is 1. The molecular formula is C18H26O5S. The normalized spacial score (nSPS) is 11.5. The van der Waals surface area contributed by atoms with E-state index in [2.05, 4.69) is 12.6 Å². The Morgan fingerprint density at radius 3 is 2.46 bits per heavy atom. The Balaban J connectivity index is 3.61. The minimum absolute atomic E-state index is 0.0174. The molecule has 0 heterocycles. The van der Waals surface area contributed by atoms with Crippen molar-refractivity contribution in [1.29, 1.82) is 0 Å². The molecule has 0 radical (unpaired) electrons. The van der Waals surface area contributed by atoms with Gasteiger partial charge < -0.3 is 19.3 Å². The summed E-state index contributed by atoms with van der Waals surface area (Å²) in [7, 11) is 3.17. The predicted molar refractivity (Wildman–Crippen MR) is 97.7 cm³/mol. The highest BCUT2D eigenvalue weighted by Gasteiger charge is 2.23. The van der Waals surface area contributed by atoms with E-state index < -0.39 is 0 Å². The lowest BCUT2D eigenvalue weighted by molar-refractivity contribution is 0.111. The summed E-state index contributed by atoms with van der Waals surface area (Å²) in [5, 5.41) is 9.21. The number of thiol groups is 1. The molecule has 0 aliphatic rings.